The average molecular weight is 446 g/mol. The van der Waals surface area contributed by atoms with Gasteiger partial charge in [0.25, 0.3) is 0 Å². The number of nitrogens with zero attached hydrogens (tertiary/aromatic N) is 5. The first-order valence-corrected chi connectivity index (χ1v) is 11.4. The zero-order chi connectivity index (χ0) is 23.4. The second-order valence-electron chi connectivity index (χ2n) is 8.55. The van der Waals surface area contributed by atoms with Gasteiger partial charge in [0.1, 0.15) is 5.75 Å². The number of rotatable bonds is 7. The van der Waals surface area contributed by atoms with Gasteiger partial charge in [0.15, 0.2) is 0 Å². The van der Waals surface area contributed by atoms with Crippen molar-refractivity contribution in [3.05, 3.63) is 65.7 Å². The molecule has 1 aliphatic rings. The molecule has 0 bridgehead atoms. The van der Waals surface area contributed by atoms with Crippen LogP contribution < -0.4 is 9.64 Å². The van der Waals surface area contributed by atoms with Crippen molar-refractivity contribution in [3.8, 4) is 16.9 Å². The molecule has 3 heterocycles. The van der Waals surface area contributed by atoms with E-state index in [0.29, 0.717) is 19.0 Å². The highest BCUT2D eigenvalue weighted by atomic mass is 16.5. The van der Waals surface area contributed by atoms with Crippen molar-refractivity contribution in [2.24, 2.45) is 0 Å². The zero-order valence-corrected chi connectivity index (χ0v) is 19.8. The molecule has 0 saturated carbocycles. The lowest BCUT2D eigenvalue weighted by molar-refractivity contribution is -0.131. The smallest absolute Gasteiger partial charge is 0.227 e. The van der Waals surface area contributed by atoms with Crippen LogP contribution in [-0.4, -0.2) is 53.0 Å². The van der Waals surface area contributed by atoms with Gasteiger partial charge in [0.05, 0.1) is 24.8 Å². The van der Waals surface area contributed by atoms with E-state index in [1.807, 2.05) is 80.5 Å². The van der Waals surface area contributed by atoms with E-state index >= 15 is 0 Å². The van der Waals surface area contributed by atoms with Crippen LogP contribution in [0.3, 0.4) is 0 Å². The summed E-state index contributed by atoms with van der Waals surface area (Å²) in [5, 5.41) is 0. The van der Waals surface area contributed by atoms with Crippen LogP contribution in [0.5, 0.6) is 5.75 Å². The van der Waals surface area contributed by atoms with E-state index in [4.69, 9.17) is 9.72 Å². The molecule has 7 nitrogen and oxygen atoms in total. The maximum absolute atomic E-state index is 13.4. The first-order valence-electron chi connectivity index (χ1n) is 11.4. The summed E-state index contributed by atoms with van der Waals surface area (Å²) in [5.41, 5.74) is 4.96. The van der Waals surface area contributed by atoms with Crippen LogP contribution in [-0.2, 0) is 11.2 Å². The summed E-state index contributed by atoms with van der Waals surface area (Å²) in [6.45, 7) is 5.36. The fraction of sp³-hybridized carbons (Fsp3) is 0.385. The van der Waals surface area contributed by atoms with Crippen LogP contribution >= 0.6 is 0 Å². The van der Waals surface area contributed by atoms with Crippen LogP contribution in [0.15, 0.2) is 48.9 Å². The molecule has 0 spiro atoms. The quantitative estimate of drug-likeness (QED) is 0.542. The minimum atomic E-state index is -0.0792. The lowest BCUT2D eigenvalue weighted by Gasteiger charge is -2.27. The van der Waals surface area contributed by atoms with Gasteiger partial charge in [-0.25, -0.2) is 9.97 Å². The molecule has 4 rings (SSSR count). The molecule has 0 unspecified atom stereocenters. The van der Waals surface area contributed by atoms with Gasteiger partial charge < -0.3 is 14.5 Å². The number of ether oxygens (including phenoxy) is 1. The summed E-state index contributed by atoms with van der Waals surface area (Å²) in [5.74, 6) is 1.58. The van der Waals surface area contributed by atoms with E-state index in [9.17, 15) is 4.79 Å². The van der Waals surface area contributed by atoms with E-state index in [-0.39, 0.29) is 11.9 Å². The molecule has 0 N–H and O–H groups in total. The highest BCUT2D eigenvalue weighted by Gasteiger charge is 2.33. The highest BCUT2D eigenvalue weighted by Crippen LogP contribution is 2.38. The molecule has 1 fully saturated rings. The molecule has 172 valence electrons. The lowest BCUT2D eigenvalue weighted by atomic mass is 9.97. The molecule has 1 saturated heterocycles. The van der Waals surface area contributed by atoms with E-state index in [1.165, 1.54) is 0 Å². The molecule has 0 radical (unpaired) electrons. The molecular formula is C26H31N5O2. The van der Waals surface area contributed by atoms with Gasteiger partial charge >= 0.3 is 0 Å². The number of amides is 1. The van der Waals surface area contributed by atoms with E-state index in [0.717, 1.165) is 53.1 Å². The molecule has 7 heteroatoms. The normalized spacial score (nSPS) is 15.5. The summed E-state index contributed by atoms with van der Waals surface area (Å²) in [6.07, 6.45) is 7.72. The summed E-state index contributed by atoms with van der Waals surface area (Å²) in [7, 11) is 3.86. The topological polar surface area (TPSA) is 71.5 Å². The number of anilines is 1. The molecule has 1 atom stereocenters. The number of likely N-dealkylation sites (tertiary alicyclic amines) is 1. The molecule has 1 amide bonds. The summed E-state index contributed by atoms with van der Waals surface area (Å²) < 4.78 is 5.52. The maximum Gasteiger partial charge on any atom is 0.227 e. The summed E-state index contributed by atoms with van der Waals surface area (Å²) in [6, 6.07) is 9.69. The van der Waals surface area contributed by atoms with Crippen molar-refractivity contribution in [1.29, 1.82) is 0 Å². The minimum Gasteiger partial charge on any atom is -0.494 e. The Kier molecular flexibility index (Phi) is 6.87. The first kappa shape index (κ1) is 22.7. The van der Waals surface area contributed by atoms with Gasteiger partial charge in [0.2, 0.25) is 11.9 Å². The van der Waals surface area contributed by atoms with Gasteiger partial charge in [-0.3, -0.25) is 9.78 Å². The van der Waals surface area contributed by atoms with Crippen molar-refractivity contribution in [2.45, 2.75) is 39.2 Å². The number of carbonyl (C=O) groups excluding carboxylic acids is 1. The van der Waals surface area contributed by atoms with Crippen molar-refractivity contribution in [3.63, 3.8) is 0 Å². The summed E-state index contributed by atoms with van der Waals surface area (Å²) >= 11 is 0. The number of hydrogen-bond acceptors (Lipinski definition) is 6. The molecule has 1 aromatic carbocycles. The van der Waals surface area contributed by atoms with Gasteiger partial charge in [-0.2, -0.15) is 0 Å². The first-order chi connectivity index (χ1) is 16.0. The molecule has 1 aliphatic heterocycles. The monoisotopic (exact) mass is 445 g/mol. The van der Waals surface area contributed by atoms with Crippen molar-refractivity contribution in [2.75, 3.05) is 32.1 Å². The lowest BCUT2D eigenvalue weighted by Crippen LogP contribution is -2.33. The van der Waals surface area contributed by atoms with Crippen molar-refractivity contribution >= 4 is 11.9 Å². The Labute approximate surface area is 195 Å². The third-order valence-electron chi connectivity index (χ3n) is 5.99. The summed E-state index contributed by atoms with van der Waals surface area (Å²) in [4.78, 5) is 31.0. The standard InChI is InChI=1S/C26H31N5O2/c1-5-33-20-10-8-19(9-11-20)15-24(32)31-14-6-7-23(31)25-22(17-28-26(29-25)30(3)4)21-12-13-27-16-18(21)2/h8-13,16-17,23H,5-7,14-15H2,1-4H3/t23-/m1/s1. The average Bonchev–Trinajstić information content (AvgIpc) is 3.30. The van der Waals surface area contributed by atoms with E-state index in [2.05, 4.69) is 9.97 Å². The van der Waals surface area contributed by atoms with E-state index < -0.39 is 0 Å². The Bertz CT molecular complexity index is 1110. The van der Waals surface area contributed by atoms with Crippen LogP contribution in [0.2, 0.25) is 0 Å². The second-order valence-corrected chi connectivity index (χ2v) is 8.55. The van der Waals surface area contributed by atoms with Gasteiger partial charge in [-0.15, -0.1) is 0 Å². The Morgan fingerprint density at radius 3 is 2.64 bits per heavy atom. The number of aryl methyl sites for hydroxylation is 1. The molecule has 0 aliphatic carbocycles. The SMILES string of the molecule is CCOc1ccc(CC(=O)N2CCC[C@@H]2c2nc(N(C)C)ncc2-c2ccncc2C)cc1. The Morgan fingerprint density at radius 1 is 1.15 bits per heavy atom. The number of hydrogen-bond donors (Lipinski definition) is 0. The fourth-order valence-electron chi connectivity index (χ4n) is 4.33. The highest BCUT2D eigenvalue weighted by molar-refractivity contribution is 5.80. The molecular weight excluding hydrogens is 414 g/mol. The fourth-order valence-corrected chi connectivity index (χ4v) is 4.33. The molecule has 2 aromatic heterocycles. The number of carbonyl (C=O) groups is 1. The van der Waals surface area contributed by atoms with Crippen LogP contribution in [0, 0.1) is 6.92 Å². The molecule has 33 heavy (non-hydrogen) atoms. The minimum absolute atomic E-state index is 0.0792. The third kappa shape index (κ3) is 4.97. The maximum atomic E-state index is 13.4. The van der Waals surface area contributed by atoms with Crippen LogP contribution in [0.1, 0.15) is 42.6 Å². The number of benzene rings is 1. The Hall–Kier alpha value is -3.48. The third-order valence-corrected chi connectivity index (χ3v) is 5.99. The second kappa shape index (κ2) is 9.98. The van der Waals surface area contributed by atoms with Crippen LogP contribution in [0.4, 0.5) is 5.95 Å². The van der Waals surface area contributed by atoms with Crippen molar-refractivity contribution in [1.82, 2.24) is 19.9 Å². The van der Waals surface area contributed by atoms with Gasteiger partial charge in [0, 0.05) is 44.8 Å². The Morgan fingerprint density at radius 2 is 1.94 bits per heavy atom. The number of aromatic nitrogens is 3. The van der Waals surface area contributed by atoms with E-state index in [1.54, 1.807) is 6.20 Å². The van der Waals surface area contributed by atoms with Gasteiger partial charge in [-0.1, -0.05) is 12.1 Å². The Balaban J connectivity index is 1.65. The van der Waals surface area contributed by atoms with Crippen molar-refractivity contribution < 1.29 is 9.53 Å². The largest absolute Gasteiger partial charge is 0.494 e. The number of pyridine rings is 1. The predicted octanol–water partition coefficient (Wildman–Crippen LogP) is 4.22. The molecule has 3 aromatic rings. The predicted molar refractivity (Wildman–Crippen MR) is 129 cm³/mol. The van der Waals surface area contributed by atoms with Gasteiger partial charge in [-0.05, 0) is 61.6 Å². The van der Waals surface area contributed by atoms with Crippen LogP contribution in [0.25, 0.3) is 11.1 Å². The zero-order valence-electron chi connectivity index (χ0n) is 19.8.